The van der Waals surface area contributed by atoms with Gasteiger partial charge in [0.05, 0.1) is 6.21 Å². The van der Waals surface area contributed by atoms with E-state index < -0.39 is 30.1 Å². The fourth-order valence-corrected chi connectivity index (χ4v) is 1.30. The van der Waals surface area contributed by atoms with Crippen molar-refractivity contribution in [2.24, 2.45) is 11.1 Å². The maximum Gasteiger partial charge on any atom is 0.303 e. The van der Waals surface area contributed by atoms with Crippen LogP contribution in [-0.4, -0.2) is 49.2 Å². The molecule has 7 heteroatoms. The van der Waals surface area contributed by atoms with Crippen LogP contribution in [0.15, 0.2) is 5.16 Å². The Morgan fingerprint density at radius 2 is 1.83 bits per heavy atom. The van der Waals surface area contributed by atoms with Crippen molar-refractivity contribution < 1.29 is 29.0 Å². The molecule has 0 aromatic carbocycles. The van der Waals surface area contributed by atoms with Crippen LogP contribution < -0.4 is 0 Å². The Hall–Kier alpha value is -1.63. The number of aliphatic hydroxyl groups is 1. The largest absolute Gasteiger partial charge is 0.458 e. The maximum atomic E-state index is 11.0. The Morgan fingerprint density at radius 3 is 2.22 bits per heavy atom. The molecule has 0 bridgehead atoms. The molecule has 0 spiro atoms. The average molecular weight is 261 g/mol. The second-order valence-corrected chi connectivity index (χ2v) is 3.75. The Labute approximate surface area is 106 Å². The highest BCUT2D eigenvalue weighted by Gasteiger charge is 2.31. The number of aliphatic hydroxyl groups excluding tert-OH is 1. The molecular weight excluding hydrogens is 242 g/mol. The van der Waals surface area contributed by atoms with Gasteiger partial charge in [-0.05, 0) is 0 Å². The summed E-state index contributed by atoms with van der Waals surface area (Å²) in [6.45, 7) is 3.89. The van der Waals surface area contributed by atoms with Crippen LogP contribution in [0.2, 0.25) is 0 Å². The van der Waals surface area contributed by atoms with E-state index in [1.54, 1.807) is 6.92 Å². The lowest BCUT2D eigenvalue weighted by Crippen LogP contribution is -2.41. The van der Waals surface area contributed by atoms with Crippen LogP contribution in [0.1, 0.15) is 20.8 Å². The molecule has 0 amide bonds. The van der Waals surface area contributed by atoms with Crippen molar-refractivity contribution in [3.05, 3.63) is 0 Å². The number of rotatable bonds is 7. The quantitative estimate of drug-likeness (QED) is 0.397. The third-order valence-electron chi connectivity index (χ3n) is 2.09. The van der Waals surface area contributed by atoms with Gasteiger partial charge in [-0.15, -0.1) is 0 Å². The fourth-order valence-electron chi connectivity index (χ4n) is 1.30. The summed E-state index contributed by atoms with van der Waals surface area (Å²) < 4.78 is 10.0. The van der Waals surface area contributed by atoms with Crippen LogP contribution in [-0.2, 0) is 23.9 Å². The lowest BCUT2D eigenvalue weighted by Gasteiger charge is -2.27. The Bertz CT molecular complexity index is 304. The van der Waals surface area contributed by atoms with E-state index in [1.807, 2.05) is 0 Å². The standard InChI is InChI=1S/C11H19NO6/c1-7(6-13)11(18-9(3)15)10(5-12-16-4)17-8(2)14/h5,7,10-11,13H,6H2,1-4H3/b12-5+/t7-,10+,11+/m1/s1. The summed E-state index contributed by atoms with van der Waals surface area (Å²) in [5.41, 5.74) is 0. The van der Waals surface area contributed by atoms with Crippen molar-refractivity contribution in [1.29, 1.82) is 0 Å². The van der Waals surface area contributed by atoms with Crippen molar-refractivity contribution >= 4 is 18.2 Å². The summed E-state index contributed by atoms with van der Waals surface area (Å²) in [7, 11) is 1.33. The van der Waals surface area contributed by atoms with Crippen molar-refractivity contribution in [2.45, 2.75) is 33.0 Å². The van der Waals surface area contributed by atoms with Gasteiger partial charge in [-0.3, -0.25) is 9.59 Å². The van der Waals surface area contributed by atoms with Crippen molar-refractivity contribution in [3.8, 4) is 0 Å². The lowest BCUT2D eigenvalue weighted by molar-refractivity contribution is -0.164. The second kappa shape index (κ2) is 8.46. The first-order valence-corrected chi connectivity index (χ1v) is 5.44. The lowest BCUT2D eigenvalue weighted by atomic mass is 10.0. The molecular formula is C11H19NO6. The van der Waals surface area contributed by atoms with E-state index in [1.165, 1.54) is 27.2 Å². The topological polar surface area (TPSA) is 94.4 Å². The molecule has 0 unspecified atom stereocenters. The SMILES string of the molecule is CO/N=C/[C@H](OC(C)=O)[C@@H](OC(C)=O)[C@H](C)CO. The Balaban J connectivity index is 4.97. The van der Waals surface area contributed by atoms with E-state index in [4.69, 9.17) is 14.6 Å². The van der Waals surface area contributed by atoms with Gasteiger partial charge in [-0.2, -0.15) is 0 Å². The van der Waals surface area contributed by atoms with E-state index in [9.17, 15) is 9.59 Å². The highest BCUT2D eigenvalue weighted by molar-refractivity contribution is 5.73. The molecule has 0 aliphatic heterocycles. The molecule has 0 aromatic rings. The van der Waals surface area contributed by atoms with Gasteiger partial charge in [-0.1, -0.05) is 12.1 Å². The number of esters is 2. The first-order chi connectivity index (χ1) is 8.42. The molecule has 0 aliphatic rings. The van der Waals surface area contributed by atoms with E-state index >= 15 is 0 Å². The molecule has 3 atom stereocenters. The molecule has 0 aliphatic carbocycles. The van der Waals surface area contributed by atoms with E-state index in [0.717, 1.165) is 0 Å². The molecule has 0 heterocycles. The molecule has 0 saturated heterocycles. The third-order valence-corrected chi connectivity index (χ3v) is 2.09. The van der Waals surface area contributed by atoms with E-state index in [2.05, 4.69) is 9.99 Å². The van der Waals surface area contributed by atoms with Crippen molar-refractivity contribution in [2.75, 3.05) is 13.7 Å². The molecule has 0 rings (SSSR count). The minimum atomic E-state index is -0.909. The number of oxime groups is 1. The van der Waals surface area contributed by atoms with Gasteiger partial charge in [-0.25, -0.2) is 0 Å². The van der Waals surface area contributed by atoms with Gasteiger partial charge < -0.3 is 19.4 Å². The second-order valence-electron chi connectivity index (χ2n) is 3.75. The minimum absolute atomic E-state index is 0.226. The monoisotopic (exact) mass is 261 g/mol. The minimum Gasteiger partial charge on any atom is -0.458 e. The Kier molecular flexibility index (Phi) is 7.69. The van der Waals surface area contributed by atoms with Crippen LogP contribution >= 0.6 is 0 Å². The highest BCUT2D eigenvalue weighted by Crippen LogP contribution is 2.14. The Morgan fingerprint density at radius 1 is 1.28 bits per heavy atom. The summed E-state index contributed by atoms with van der Waals surface area (Å²) in [6, 6.07) is 0. The summed E-state index contributed by atoms with van der Waals surface area (Å²) in [5, 5.41) is 12.6. The van der Waals surface area contributed by atoms with Crippen molar-refractivity contribution in [1.82, 2.24) is 0 Å². The first-order valence-electron chi connectivity index (χ1n) is 5.44. The summed E-state index contributed by atoms with van der Waals surface area (Å²) in [6.07, 6.45) is -0.523. The smallest absolute Gasteiger partial charge is 0.303 e. The van der Waals surface area contributed by atoms with E-state index in [0.29, 0.717) is 0 Å². The molecule has 7 nitrogen and oxygen atoms in total. The number of carbonyl (C=O) groups is 2. The zero-order valence-corrected chi connectivity index (χ0v) is 11.0. The van der Waals surface area contributed by atoms with Gasteiger partial charge in [0.2, 0.25) is 0 Å². The normalized spacial score (nSPS) is 15.8. The average Bonchev–Trinajstić information content (AvgIpc) is 2.30. The number of hydrogen-bond acceptors (Lipinski definition) is 7. The van der Waals surface area contributed by atoms with Gasteiger partial charge >= 0.3 is 11.9 Å². The molecule has 0 saturated carbocycles. The predicted octanol–water partition coefficient (Wildman–Crippen LogP) is 0.110. The van der Waals surface area contributed by atoms with Crippen LogP contribution in [0.5, 0.6) is 0 Å². The van der Waals surface area contributed by atoms with Gasteiger partial charge in [0.15, 0.2) is 6.10 Å². The molecule has 1 N–H and O–H groups in total. The number of ether oxygens (including phenoxy) is 2. The predicted molar refractivity (Wildman–Crippen MR) is 62.9 cm³/mol. The van der Waals surface area contributed by atoms with Crippen LogP contribution in [0.25, 0.3) is 0 Å². The number of nitrogens with zero attached hydrogens (tertiary/aromatic N) is 1. The van der Waals surface area contributed by atoms with Gasteiger partial charge in [0.25, 0.3) is 0 Å². The van der Waals surface area contributed by atoms with E-state index in [-0.39, 0.29) is 6.61 Å². The molecule has 104 valence electrons. The molecule has 0 radical (unpaired) electrons. The molecule has 18 heavy (non-hydrogen) atoms. The van der Waals surface area contributed by atoms with Crippen LogP contribution in [0, 0.1) is 5.92 Å². The molecule has 0 fully saturated rings. The fraction of sp³-hybridized carbons (Fsp3) is 0.727. The van der Waals surface area contributed by atoms with Gasteiger partial charge in [0, 0.05) is 26.4 Å². The highest BCUT2D eigenvalue weighted by atomic mass is 16.6. The van der Waals surface area contributed by atoms with Crippen molar-refractivity contribution in [3.63, 3.8) is 0 Å². The number of hydrogen-bond donors (Lipinski definition) is 1. The number of carbonyl (C=O) groups excluding carboxylic acids is 2. The zero-order chi connectivity index (χ0) is 14.1. The third kappa shape index (κ3) is 6.19. The van der Waals surface area contributed by atoms with Gasteiger partial charge in [0.1, 0.15) is 13.2 Å². The summed E-state index contributed by atoms with van der Waals surface area (Å²) in [5.74, 6) is -1.50. The maximum absolute atomic E-state index is 11.0. The molecule has 0 aromatic heterocycles. The first kappa shape index (κ1) is 16.4. The van der Waals surface area contributed by atoms with Crippen LogP contribution in [0.4, 0.5) is 0 Å². The zero-order valence-electron chi connectivity index (χ0n) is 11.0. The summed E-state index contributed by atoms with van der Waals surface area (Å²) in [4.78, 5) is 26.5. The summed E-state index contributed by atoms with van der Waals surface area (Å²) >= 11 is 0. The van der Waals surface area contributed by atoms with Crippen LogP contribution in [0.3, 0.4) is 0 Å².